The Kier molecular flexibility index (Phi) is 10.6. The summed E-state index contributed by atoms with van der Waals surface area (Å²) in [5.74, 6) is 0. The number of para-hydroxylation sites is 3. The number of hydrogen-bond acceptors (Lipinski definition) is 0. The zero-order valence-electron chi connectivity index (χ0n) is 40.6. The van der Waals surface area contributed by atoms with Gasteiger partial charge in [0.05, 0.1) is 27.8 Å². The second kappa shape index (κ2) is 18.1. The van der Waals surface area contributed by atoms with Gasteiger partial charge < -0.3 is 9.13 Å². The molecule has 0 unspecified atom stereocenters. The predicted molar refractivity (Wildman–Crippen MR) is 313 cm³/mol. The summed E-state index contributed by atoms with van der Waals surface area (Å²) in [5, 5.41) is 4.95. The van der Waals surface area contributed by atoms with Gasteiger partial charge in [-0.05, 0) is 139 Å². The fourth-order valence-electron chi connectivity index (χ4n) is 11.3. The molecule has 0 saturated heterocycles. The van der Waals surface area contributed by atoms with Gasteiger partial charge in [0, 0.05) is 32.8 Å². The number of rotatable bonds is 9. The van der Waals surface area contributed by atoms with Crippen LogP contribution in [-0.2, 0) is 0 Å². The first-order valence-corrected chi connectivity index (χ1v) is 25.5. The van der Waals surface area contributed by atoms with E-state index in [1.165, 1.54) is 122 Å². The first-order chi connectivity index (χ1) is 36.7. The fraction of sp³-hybridized carbons (Fsp3) is 0. The Morgan fingerprint density at radius 2 is 0.514 bits per heavy atom. The summed E-state index contributed by atoms with van der Waals surface area (Å²) < 4.78 is 4.86. The molecule has 0 saturated carbocycles. The van der Waals surface area contributed by atoms with Gasteiger partial charge in [0.25, 0.3) is 0 Å². The molecule has 14 aromatic rings. The number of aromatic nitrogens is 2. The minimum Gasteiger partial charge on any atom is -0.309 e. The lowest BCUT2D eigenvalue weighted by molar-refractivity contribution is 1.18. The van der Waals surface area contributed by atoms with E-state index < -0.39 is 0 Å². The molecule has 2 heteroatoms. The molecule has 0 fully saturated rings. The Morgan fingerprint density at radius 3 is 1.07 bits per heavy atom. The predicted octanol–water partition coefficient (Wildman–Crippen LogP) is 19.5. The standard InChI is InChI=1S/C72H48N2/c1-3-16-49(17-4-1)55-20-13-22-57(44-55)58-23-14-21-56(45-58)53-34-32-51(33-35-53)52-36-38-54(39-37-52)63-26-7-10-29-68(63)74-70-31-12-9-28-65(70)67-48-61(41-43-72(67)74)60-40-42-71-66(47-60)64-27-8-11-30-69(64)73(71)62-25-15-24-59(46-62)50-18-5-2-6-19-50/h1-48H. The molecule has 0 radical (unpaired) electrons. The van der Waals surface area contributed by atoms with E-state index in [1.54, 1.807) is 0 Å². The van der Waals surface area contributed by atoms with E-state index >= 15 is 0 Å². The molecule has 14 rings (SSSR count). The molecule has 12 aromatic carbocycles. The fourth-order valence-corrected chi connectivity index (χ4v) is 11.3. The van der Waals surface area contributed by atoms with E-state index in [0.717, 1.165) is 11.4 Å². The summed E-state index contributed by atoms with van der Waals surface area (Å²) >= 11 is 0. The maximum absolute atomic E-state index is 2.45. The van der Waals surface area contributed by atoms with Crippen LogP contribution in [0.3, 0.4) is 0 Å². The largest absolute Gasteiger partial charge is 0.309 e. The van der Waals surface area contributed by atoms with Gasteiger partial charge in [0.1, 0.15) is 0 Å². The summed E-state index contributed by atoms with van der Waals surface area (Å²) in [6, 6.07) is 106. The minimum absolute atomic E-state index is 1.15. The van der Waals surface area contributed by atoms with Crippen molar-refractivity contribution >= 4 is 43.6 Å². The summed E-state index contributed by atoms with van der Waals surface area (Å²) in [6.07, 6.45) is 0. The molecule has 0 amide bonds. The normalized spacial score (nSPS) is 11.5. The third kappa shape index (κ3) is 7.60. The number of benzene rings is 12. The zero-order chi connectivity index (χ0) is 49.0. The van der Waals surface area contributed by atoms with Gasteiger partial charge in [-0.1, -0.05) is 224 Å². The van der Waals surface area contributed by atoms with E-state index in [1.807, 2.05) is 0 Å². The molecule has 74 heavy (non-hydrogen) atoms. The highest BCUT2D eigenvalue weighted by molar-refractivity contribution is 6.13. The van der Waals surface area contributed by atoms with Gasteiger partial charge in [-0.15, -0.1) is 0 Å². The quantitative estimate of drug-likeness (QED) is 0.136. The first-order valence-electron chi connectivity index (χ1n) is 25.5. The van der Waals surface area contributed by atoms with Gasteiger partial charge in [-0.2, -0.15) is 0 Å². The molecule has 0 bridgehead atoms. The number of nitrogens with zero attached hydrogens (tertiary/aromatic N) is 2. The second-order valence-corrected chi connectivity index (χ2v) is 19.3. The molecule has 0 aliphatic heterocycles. The Hall–Kier alpha value is -9.76. The molecule has 2 aromatic heterocycles. The van der Waals surface area contributed by atoms with Gasteiger partial charge in [0.2, 0.25) is 0 Å². The van der Waals surface area contributed by atoms with Crippen molar-refractivity contribution in [3.05, 3.63) is 291 Å². The average Bonchev–Trinajstić information content (AvgIpc) is 4.00. The highest BCUT2D eigenvalue weighted by Gasteiger charge is 2.18. The van der Waals surface area contributed by atoms with E-state index in [0.29, 0.717) is 0 Å². The molecular weight excluding hydrogens is 893 g/mol. The summed E-state index contributed by atoms with van der Waals surface area (Å²) in [5.41, 5.74) is 23.9. The number of hydrogen-bond donors (Lipinski definition) is 0. The van der Waals surface area contributed by atoms with Gasteiger partial charge in [-0.25, -0.2) is 0 Å². The lowest BCUT2D eigenvalue weighted by Gasteiger charge is -2.15. The van der Waals surface area contributed by atoms with Gasteiger partial charge in [0.15, 0.2) is 0 Å². The third-order valence-electron chi connectivity index (χ3n) is 14.9. The van der Waals surface area contributed by atoms with E-state index in [-0.39, 0.29) is 0 Å². The smallest absolute Gasteiger partial charge is 0.0541 e. The Balaban J connectivity index is 0.773. The molecule has 0 spiro atoms. The molecular formula is C72H48N2. The van der Waals surface area contributed by atoms with Crippen LogP contribution in [0.2, 0.25) is 0 Å². The second-order valence-electron chi connectivity index (χ2n) is 19.3. The van der Waals surface area contributed by atoms with Crippen LogP contribution in [0.25, 0.3) is 133 Å². The lowest BCUT2D eigenvalue weighted by Crippen LogP contribution is -1.97. The zero-order valence-corrected chi connectivity index (χ0v) is 40.6. The van der Waals surface area contributed by atoms with Gasteiger partial charge >= 0.3 is 0 Å². The van der Waals surface area contributed by atoms with Crippen LogP contribution in [0, 0.1) is 0 Å². The van der Waals surface area contributed by atoms with Crippen molar-refractivity contribution in [2.75, 3.05) is 0 Å². The van der Waals surface area contributed by atoms with E-state index in [9.17, 15) is 0 Å². The molecule has 0 aliphatic rings. The van der Waals surface area contributed by atoms with Crippen LogP contribution in [0.1, 0.15) is 0 Å². The van der Waals surface area contributed by atoms with E-state index in [4.69, 9.17) is 0 Å². The molecule has 0 atom stereocenters. The Labute approximate surface area is 431 Å². The topological polar surface area (TPSA) is 9.86 Å². The number of fused-ring (bicyclic) bond motifs is 6. The lowest BCUT2D eigenvalue weighted by atomic mass is 9.95. The van der Waals surface area contributed by atoms with Gasteiger partial charge in [-0.3, -0.25) is 0 Å². The highest BCUT2D eigenvalue weighted by atomic mass is 15.0. The Morgan fingerprint density at radius 1 is 0.176 bits per heavy atom. The van der Waals surface area contributed by atoms with Crippen molar-refractivity contribution in [1.82, 2.24) is 9.13 Å². The van der Waals surface area contributed by atoms with Crippen LogP contribution in [0.5, 0.6) is 0 Å². The maximum atomic E-state index is 2.45. The van der Waals surface area contributed by atoms with Crippen LogP contribution < -0.4 is 0 Å². The summed E-state index contributed by atoms with van der Waals surface area (Å²) in [4.78, 5) is 0. The minimum atomic E-state index is 1.15. The molecule has 0 N–H and O–H groups in total. The molecule has 346 valence electrons. The van der Waals surface area contributed by atoms with Crippen molar-refractivity contribution in [2.45, 2.75) is 0 Å². The SMILES string of the molecule is c1ccc(-c2cccc(-c3cccc(-c4ccc(-c5ccc(-c6ccccc6-n6c7ccccc7c7cc(-c8ccc9c(c8)c8ccccc8n9-c8cccc(-c9ccccc9)c8)ccc76)cc5)cc4)c3)c2)cc1. The van der Waals surface area contributed by atoms with Crippen molar-refractivity contribution in [3.8, 4) is 89.3 Å². The third-order valence-corrected chi connectivity index (χ3v) is 14.9. The van der Waals surface area contributed by atoms with Crippen molar-refractivity contribution < 1.29 is 0 Å². The molecule has 2 heterocycles. The van der Waals surface area contributed by atoms with Crippen molar-refractivity contribution in [3.63, 3.8) is 0 Å². The van der Waals surface area contributed by atoms with Crippen molar-refractivity contribution in [1.29, 1.82) is 0 Å². The highest BCUT2D eigenvalue weighted by Crippen LogP contribution is 2.41. The average molecular weight is 941 g/mol. The first kappa shape index (κ1) is 43.1. The monoisotopic (exact) mass is 940 g/mol. The Bertz CT molecular complexity index is 4390. The summed E-state index contributed by atoms with van der Waals surface area (Å²) in [6.45, 7) is 0. The molecule has 0 aliphatic carbocycles. The summed E-state index contributed by atoms with van der Waals surface area (Å²) in [7, 11) is 0. The van der Waals surface area contributed by atoms with Crippen LogP contribution in [0.4, 0.5) is 0 Å². The van der Waals surface area contributed by atoms with E-state index in [2.05, 4.69) is 300 Å². The molecule has 2 nitrogen and oxygen atoms in total. The van der Waals surface area contributed by atoms with Crippen LogP contribution in [0.15, 0.2) is 291 Å². The van der Waals surface area contributed by atoms with Crippen LogP contribution in [-0.4, -0.2) is 9.13 Å². The maximum Gasteiger partial charge on any atom is 0.0541 e. The van der Waals surface area contributed by atoms with Crippen LogP contribution >= 0.6 is 0 Å². The van der Waals surface area contributed by atoms with Crippen molar-refractivity contribution in [2.24, 2.45) is 0 Å².